The Labute approximate surface area is 241 Å². The summed E-state index contributed by atoms with van der Waals surface area (Å²) in [6.45, 7) is 4.11. The van der Waals surface area contributed by atoms with Crippen molar-refractivity contribution < 1.29 is 33.4 Å². The van der Waals surface area contributed by atoms with Crippen molar-refractivity contribution in [3.05, 3.63) is 95.6 Å². The van der Waals surface area contributed by atoms with Crippen LogP contribution in [0.1, 0.15) is 40.7 Å². The zero-order chi connectivity index (χ0) is 28.9. The van der Waals surface area contributed by atoms with Crippen molar-refractivity contribution in [2.45, 2.75) is 31.0 Å². The number of quaternary nitrogens is 1. The van der Waals surface area contributed by atoms with Crippen LogP contribution < -0.4 is 19.9 Å². The number of carbonyl (C=O) groups excluding carboxylic acids is 2. The van der Waals surface area contributed by atoms with E-state index in [0.717, 1.165) is 43.4 Å². The normalized spacial score (nSPS) is 21.6. The maximum absolute atomic E-state index is 14.3. The summed E-state index contributed by atoms with van der Waals surface area (Å²) >= 11 is 0. The van der Waals surface area contributed by atoms with Crippen LogP contribution in [0.25, 0.3) is 0 Å². The number of carbonyl (C=O) groups is 2. The molecule has 0 saturated carbocycles. The highest BCUT2D eigenvalue weighted by Crippen LogP contribution is 2.37. The quantitative estimate of drug-likeness (QED) is 0.221. The SMILES string of the molecule is COc1cc(OC)cc(C(=O)NCCC[N+]23CCC(CC2)C(OC(=O)C([O-])(c2ccccc2)c2ccccc2)C3)c1. The number of fused-ring (bicyclic) bond motifs is 3. The fourth-order valence-electron chi connectivity index (χ4n) is 6.29. The molecule has 216 valence electrons. The Kier molecular flexibility index (Phi) is 8.61. The Bertz CT molecular complexity index is 1280. The Balaban J connectivity index is 1.22. The second-order valence-electron chi connectivity index (χ2n) is 11.1. The molecule has 3 aromatic rings. The maximum Gasteiger partial charge on any atom is 0.304 e. The third-order valence-electron chi connectivity index (χ3n) is 8.66. The van der Waals surface area contributed by atoms with Crippen LogP contribution in [0.5, 0.6) is 11.5 Å². The van der Waals surface area contributed by atoms with Gasteiger partial charge in [0.1, 0.15) is 18.0 Å². The van der Waals surface area contributed by atoms with Crippen LogP contribution in [0, 0.1) is 5.92 Å². The number of rotatable bonds is 11. The van der Waals surface area contributed by atoms with Crippen LogP contribution in [0.4, 0.5) is 0 Å². The molecule has 0 aliphatic carbocycles. The van der Waals surface area contributed by atoms with Crippen LogP contribution in [0.15, 0.2) is 78.9 Å². The minimum absolute atomic E-state index is 0.181. The molecule has 1 amide bonds. The van der Waals surface area contributed by atoms with E-state index in [1.165, 1.54) is 0 Å². The van der Waals surface area contributed by atoms with Gasteiger partial charge in [0.2, 0.25) is 0 Å². The van der Waals surface area contributed by atoms with E-state index in [2.05, 4.69) is 5.32 Å². The van der Waals surface area contributed by atoms with Gasteiger partial charge in [-0.2, -0.15) is 0 Å². The van der Waals surface area contributed by atoms with Crippen LogP contribution >= 0.6 is 0 Å². The molecule has 8 nitrogen and oxygen atoms in total. The molecule has 3 aliphatic heterocycles. The van der Waals surface area contributed by atoms with Crippen molar-refractivity contribution in [2.24, 2.45) is 5.92 Å². The van der Waals surface area contributed by atoms with E-state index in [0.29, 0.717) is 41.3 Å². The van der Waals surface area contributed by atoms with Gasteiger partial charge in [-0.05, 0) is 23.3 Å². The number of amides is 1. The lowest BCUT2D eigenvalue weighted by molar-refractivity contribution is -0.946. The van der Waals surface area contributed by atoms with E-state index in [1.54, 1.807) is 80.9 Å². The maximum atomic E-state index is 14.3. The summed E-state index contributed by atoms with van der Waals surface area (Å²) < 4.78 is 17.5. The molecule has 3 aromatic carbocycles. The van der Waals surface area contributed by atoms with Crippen molar-refractivity contribution in [2.75, 3.05) is 46.9 Å². The molecule has 0 radical (unpaired) electrons. The lowest BCUT2D eigenvalue weighted by atomic mass is 9.82. The third-order valence-corrected chi connectivity index (χ3v) is 8.66. The zero-order valence-electron chi connectivity index (χ0n) is 23.7. The first kappa shape index (κ1) is 28.6. The lowest BCUT2D eigenvalue weighted by Crippen LogP contribution is -2.65. The van der Waals surface area contributed by atoms with Gasteiger partial charge >= 0.3 is 5.97 Å². The number of nitrogens with one attached hydrogen (secondary N) is 1. The number of hydrogen-bond donors (Lipinski definition) is 1. The number of esters is 1. The monoisotopic (exact) mass is 558 g/mol. The van der Waals surface area contributed by atoms with Gasteiger partial charge in [-0.25, -0.2) is 0 Å². The highest BCUT2D eigenvalue weighted by Gasteiger charge is 2.48. The van der Waals surface area contributed by atoms with Crippen molar-refractivity contribution in [1.82, 2.24) is 5.32 Å². The van der Waals surface area contributed by atoms with Gasteiger partial charge in [0, 0.05) is 49.0 Å². The molecular weight excluding hydrogens is 520 g/mol. The number of benzene rings is 3. The summed E-state index contributed by atoms with van der Waals surface area (Å²) in [5.41, 5.74) is -0.889. The highest BCUT2D eigenvalue weighted by molar-refractivity contribution is 5.95. The highest BCUT2D eigenvalue weighted by atomic mass is 16.6. The first-order valence-electron chi connectivity index (χ1n) is 14.3. The first-order valence-corrected chi connectivity index (χ1v) is 14.3. The molecule has 41 heavy (non-hydrogen) atoms. The Morgan fingerprint density at radius 2 is 1.46 bits per heavy atom. The topological polar surface area (TPSA) is 96.9 Å². The third kappa shape index (κ3) is 6.09. The predicted molar refractivity (Wildman–Crippen MR) is 152 cm³/mol. The smallest absolute Gasteiger partial charge is 0.304 e. The fourth-order valence-corrected chi connectivity index (χ4v) is 6.29. The van der Waals surface area contributed by atoms with Crippen molar-refractivity contribution in [3.63, 3.8) is 0 Å². The predicted octanol–water partition coefficient (Wildman–Crippen LogP) is 3.28. The van der Waals surface area contributed by atoms with Gasteiger partial charge in [-0.3, -0.25) is 9.59 Å². The summed E-state index contributed by atoms with van der Waals surface area (Å²) in [6.07, 6.45) is 2.40. The molecule has 1 N–H and O–H groups in total. The van der Waals surface area contributed by atoms with E-state index < -0.39 is 11.6 Å². The number of nitrogens with zero attached hydrogens (tertiary/aromatic N) is 1. The van der Waals surface area contributed by atoms with Gasteiger partial charge in [0.15, 0.2) is 6.10 Å². The van der Waals surface area contributed by atoms with Crippen LogP contribution in [0.2, 0.25) is 0 Å². The average molecular weight is 559 g/mol. The van der Waals surface area contributed by atoms with Crippen LogP contribution in [-0.4, -0.2) is 69.4 Å². The van der Waals surface area contributed by atoms with E-state index in [1.807, 2.05) is 12.1 Å². The molecule has 1 unspecified atom stereocenters. The van der Waals surface area contributed by atoms with Gasteiger partial charge < -0.3 is 29.1 Å². The summed E-state index contributed by atoms with van der Waals surface area (Å²) in [6, 6.07) is 22.7. The van der Waals surface area contributed by atoms with Crippen molar-refractivity contribution in [3.8, 4) is 11.5 Å². The van der Waals surface area contributed by atoms with Crippen molar-refractivity contribution in [1.29, 1.82) is 0 Å². The Hall–Kier alpha value is -3.88. The molecule has 1 atom stereocenters. The standard InChI is InChI=1S/C33H38N2O6/c1-39-28-20-25(21-29(22-28)40-2)31(36)34-16-9-17-35-18-14-24(15-19-35)30(23-35)41-32(37)33(38,26-10-5-3-6-11-26)27-12-7-4-8-13-27/h3-8,10-13,20-22,24,30H,9,14-19,23H2,1-2H3,(H,34,36). The molecular formula is C33H38N2O6. The van der Waals surface area contributed by atoms with Gasteiger partial charge in [-0.1, -0.05) is 60.7 Å². The number of hydrogen-bond acceptors (Lipinski definition) is 6. The molecule has 3 fully saturated rings. The summed E-state index contributed by atoms with van der Waals surface area (Å²) in [7, 11) is 3.11. The second-order valence-corrected chi connectivity index (χ2v) is 11.1. The number of piperidine rings is 3. The lowest BCUT2D eigenvalue weighted by Gasteiger charge is -2.53. The van der Waals surface area contributed by atoms with Gasteiger partial charge in [0.25, 0.3) is 5.91 Å². The number of methoxy groups -OCH3 is 2. The van der Waals surface area contributed by atoms with Crippen LogP contribution in [-0.2, 0) is 15.1 Å². The summed E-state index contributed by atoms with van der Waals surface area (Å²) in [5.74, 6) is 0.461. The van der Waals surface area contributed by atoms with Gasteiger partial charge in [-0.15, -0.1) is 0 Å². The van der Waals surface area contributed by atoms with Crippen molar-refractivity contribution >= 4 is 11.9 Å². The summed E-state index contributed by atoms with van der Waals surface area (Å²) in [4.78, 5) is 26.4. The fraction of sp³-hybridized carbons (Fsp3) is 0.394. The van der Waals surface area contributed by atoms with E-state index >= 15 is 0 Å². The summed E-state index contributed by atoms with van der Waals surface area (Å²) in [5, 5.41) is 17.3. The first-order chi connectivity index (χ1) is 19.9. The minimum Gasteiger partial charge on any atom is -0.834 e. The van der Waals surface area contributed by atoms with Crippen LogP contribution in [0.3, 0.4) is 0 Å². The van der Waals surface area contributed by atoms with Gasteiger partial charge in [0.05, 0.1) is 33.9 Å². The van der Waals surface area contributed by atoms with E-state index in [4.69, 9.17) is 14.2 Å². The molecule has 8 heteroatoms. The average Bonchev–Trinajstić information content (AvgIpc) is 3.03. The largest absolute Gasteiger partial charge is 0.834 e. The van der Waals surface area contributed by atoms with E-state index in [-0.39, 0.29) is 17.9 Å². The molecule has 3 heterocycles. The molecule has 0 aromatic heterocycles. The zero-order valence-corrected chi connectivity index (χ0v) is 23.7. The molecule has 6 rings (SSSR count). The molecule has 2 bridgehead atoms. The molecule has 3 aliphatic rings. The minimum atomic E-state index is -2.13. The second kappa shape index (κ2) is 12.3. The molecule has 3 saturated heterocycles. The molecule has 0 spiro atoms. The number of ether oxygens (including phenoxy) is 3. The van der Waals surface area contributed by atoms with E-state index in [9.17, 15) is 14.7 Å². The Morgan fingerprint density at radius 1 is 0.902 bits per heavy atom. The Morgan fingerprint density at radius 3 is 2.00 bits per heavy atom.